The Morgan fingerprint density at radius 2 is 2.40 bits per heavy atom. The fourth-order valence-electron chi connectivity index (χ4n) is 1.04. The molecule has 0 aliphatic heterocycles. The quantitative estimate of drug-likeness (QED) is 0.426. The van der Waals surface area contributed by atoms with Crippen molar-refractivity contribution in [2.45, 2.75) is 6.92 Å². The fraction of sp³-hybridized carbons (Fsp3) is 0.167. The first-order chi connectivity index (χ1) is 7.27. The van der Waals surface area contributed by atoms with Gasteiger partial charge in [0.15, 0.2) is 5.78 Å². The van der Waals surface area contributed by atoms with Crippen LogP contribution >= 0.6 is 0 Å². The number of carbonyl (C=O) groups is 1. The Bertz CT molecular complexity index is 416. The van der Waals surface area contributed by atoms with Crippen molar-refractivity contribution < 1.29 is 9.53 Å². The zero-order valence-electron chi connectivity index (χ0n) is 8.43. The second kappa shape index (κ2) is 5.61. The van der Waals surface area contributed by atoms with Crippen LogP contribution in [0, 0.1) is 11.3 Å². The van der Waals surface area contributed by atoms with Gasteiger partial charge in [-0.15, -0.1) is 0 Å². The molecule has 1 aromatic rings. The molecule has 76 valence electrons. The Labute approximate surface area is 88.6 Å². The molecule has 1 aromatic carbocycles. The van der Waals surface area contributed by atoms with Gasteiger partial charge in [0.2, 0.25) is 0 Å². The van der Waals surface area contributed by atoms with Gasteiger partial charge in [-0.3, -0.25) is 4.79 Å². The van der Waals surface area contributed by atoms with Gasteiger partial charge in [0.25, 0.3) is 0 Å². The second-order valence-corrected chi connectivity index (χ2v) is 2.81. The number of allylic oxidation sites excluding steroid dienone is 1. The molecule has 0 saturated heterocycles. The van der Waals surface area contributed by atoms with Crippen molar-refractivity contribution >= 4 is 5.78 Å². The smallest absolute Gasteiger partial charge is 0.188 e. The molecule has 15 heavy (non-hydrogen) atoms. The topological polar surface area (TPSA) is 50.1 Å². The van der Waals surface area contributed by atoms with Crippen LogP contribution in [0.1, 0.15) is 22.8 Å². The summed E-state index contributed by atoms with van der Waals surface area (Å²) in [5, 5.41) is 8.65. The highest BCUT2D eigenvalue weighted by atomic mass is 16.5. The molecule has 0 spiro atoms. The first kappa shape index (κ1) is 11.0. The summed E-state index contributed by atoms with van der Waals surface area (Å²) >= 11 is 0. The maximum atomic E-state index is 11.5. The molecule has 0 aromatic heterocycles. The summed E-state index contributed by atoms with van der Waals surface area (Å²) in [6.07, 6.45) is 2.71. The molecule has 0 amide bonds. The van der Waals surface area contributed by atoms with Crippen molar-refractivity contribution in [3.63, 3.8) is 0 Å². The highest BCUT2D eigenvalue weighted by molar-refractivity contribution is 6.04. The van der Waals surface area contributed by atoms with E-state index >= 15 is 0 Å². The number of ether oxygens (including phenoxy) is 1. The maximum Gasteiger partial charge on any atom is 0.188 e. The molecule has 0 bridgehead atoms. The van der Waals surface area contributed by atoms with Gasteiger partial charge in [-0.25, -0.2) is 0 Å². The Morgan fingerprint density at radius 3 is 3.07 bits per heavy atom. The lowest BCUT2D eigenvalue weighted by atomic mass is 10.1. The van der Waals surface area contributed by atoms with Gasteiger partial charge in [-0.05, 0) is 19.1 Å². The number of hydrogen-bond acceptors (Lipinski definition) is 3. The van der Waals surface area contributed by atoms with E-state index in [2.05, 4.69) is 0 Å². The van der Waals surface area contributed by atoms with Gasteiger partial charge in [0, 0.05) is 11.6 Å². The molecular weight excluding hydrogens is 190 g/mol. The molecule has 0 fully saturated rings. The first-order valence-corrected chi connectivity index (χ1v) is 4.60. The number of rotatable bonds is 4. The summed E-state index contributed by atoms with van der Waals surface area (Å²) in [6.45, 7) is 2.37. The van der Waals surface area contributed by atoms with Crippen molar-refractivity contribution in [1.82, 2.24) is 0 Å². The van der Waals surface area contributed by atoms with E-state index in [1.807, 2.05) is 13.0 Å². The van der Waals surface area contributed by atoms with Crippen molar-refractivity contribution in [2.24, 2.45) is 0 Å². The van der Waals surface area contributed by atoms with Crippen LogP contribution in [0.2, 0.25) is 0 Å². The molecule has 0 aliphatic carbocycles. The summed E-state index contributed by atoms with van der Waals surface area (Å²) in [7, 11) is 0. The van der Waals surface area contributed by atoms with Crippen LogP contribution in [0.15, 0.2) is 36.6 Å². The lowest BCUT2D eigenvalue weighted by Gasteiger charge is -1.96. The van der Waals surface area contributed by atoms with Gasteiger partial charge in [0.05, 0.1) is 24.5 Å². The van der Waals surface area contributed by atoms with Gasteiger partial charge < -0.3 is 4.74 Å². The SMILES string of the molecule is CCO/C=C/C(=O)c1cccc(C#N)c1. The fourth-order valence-corrected chi connectivity index (χ4v) is 1.04. The molecule has 0 radical (unpaired) electrons. The zero-order valence-corrected chi connectivity index (χ0v) is 8.43. The Morgan fingerprint density at radius 1 is 1.60 bits per heavy atom. The number of nitriles is 1. The van der Waals surface area contributed by atoms with Crippen molar-refractivity contribution in [3.8, 4) is 6.07 Å². The summed E-state index contributed by atoms with van der Waals surface area (Å²) in [5.41, 5.74) is 0.968. The van der Waals surface area contributed by atoms with E-state index in [0.29, 0.717) is 17.7 Å². The third-order valence-corrected chi connectivity index (χ3v) is 1.76. The third-order valence-electron chi connectivity index (χ3n) is 1.76. The molecule has 1 rings (SSSR count). The normalized spacial score (nSPS) is 9.87. The predicted molar refractivity (Wildman–Crippen MR) is 56.3 cm³/mol. The molecule has 0 saturated carbocycles. The van der Waals surface area contributed by atoms with Crippen LogP contribution in [-0.4, -0.2) is 12.4 Å². The lowest BCUT2D eigenvalue weighted by molar-refractivity contribution is 0.104. The van der Waals surface area contributed by atoms with Crippen LogP contribution in [0.25, 0.3) is 0 Å². The lowest BCUT2D eigenvalue weighted by Crippen LogP contribution is -1.95. The summed E-state index contributed by atoms with van der Waals surface area (Å²) in [4.78, 5) is 11.5. The van der Waals surface area contributed by atoms with Crippen LogP contribution in [-0.2, 0) is 4.74 Å². The average molecular weight is 201 g/mol. The van der Waals surface area contributed by atoms with Gasteiger partial charge >= 0.3 is 0 Å². The van der Waals surface area contributed by atoms with Crippen LogP contribution < -0.4 is 0 Å². The number of hydrogen-bond donors (Lipinski definition) is 0. The minimum atomic E-state index is -0.166. The number of ketones is 1. The van der Waals surface area contributed by atoms with E-state index in [9.17, 15) is 4.79 Å². The van der Waals surface area contributed by atoms with Crippen molar-refractivity contribution in [3.05, 3.63) is 47.7 Å². The van der Waals surface area contributed by atoms with E-state index < -0.39 is 0 Å². The van der Waals surface area contributed by atoms with Crippen LogP contribution in [0.3, 0.4) is 0 Å². The number of carbonyl (C=O) groups excluding carboxylic acids is 1. The summed E-state index contributed by atoms with van der Waals surface area (Å²) in [6, 6.07) is 8.54. The Kier molecular flexibility index (Phi) is 4.11. The molecule has 0 aliphatic rings. The third kappa shape index (κ3) is 3.28. The molecule has 0 N–H and O–H groups in total. The Balaban J connectivity index is 2.78. The van der Waals surface area contributed by atoms with E-state index in [1.165, 1.54) is 12.3 Å². The standard InChI is InChI=1S/C12H11NO2/c1-2-15-7-6-12(14)11-5-3-4-10(8-11)9-13/h3-8H,2H2,1H3/b7-6+. The first-order valence-electron chi connectivity index (χ1n) is 4.60. The minimum absolute atomic E-state index is 0.166. The average Bonchev–Trinajstić information content (AvgIpc) is 2.29. The number of nitrogens with zero attached hydrogens (tertiary/aromatic N) is 1. The highest BCUT2D eigenvalue weighted by Crippen LogP contribution is 2.05. The summed E-state index contributed by atoms with van der Waals surface area (Å²) < 4.78 is 4.92. The monoisotopic (exact) mass is 201 g/mol. The Hall–Kier alpha value is -2.08. The molecule has 0 heterocycles. The largest absolute Gasteiger partial charge is 0.501 e. The van der Waals surface area contributed by atoms with E-state index in [1.54, 1.807) is 24.3 Å². The van der Waals surface area contributed by atoms with Crippen LogP contribution in [0.5, 0.6) is 0 Å². The minimum Gasteiger partial charge on any atom is -0.501 e. The summed E-state index contributed by atoms with van der Waals surface area (Å²) in [5.74, 6) is -0.166. The molecule has 3 heteroatoms. The van der Waals surface area contributed by atoms with Crippen molar-refractivity contribution in [1.29, 1.82) is 5.26 Å². The van der Waals surface area contributed by atoms with Crippen molar-refractivity contribution in [2.75, 3.05) is 6.61 Å². The van der Waals surface area contributed by atoms with E-state index in [-0.39, 0.29) is 5.78 Å². The van der Waals surface area contributed by atoms with Crippen LogP contribution in [0.4, 0.5) is 0 Å². The molecule has 0 atom stereocenters. The molecule has 0 unspecified atom stereocenters. The second-order valence-electron chi connectivity index (χ2n) is 2.81. The number of benzene rings is 1. The maximum absolute atomic E-state index is 11.5. The molecule has 3 nitrogen and oxygen atoms in total. The zero-order chi connectivity index (χ0) is 11.1. The highest BCUT2D eigenvalue weighted by Gasteiger charge is 2.01. The molecular formula is C12H11NO2. The van der Waals surface area contributed by atoms with E-state index in [4.69, 9.17) is 10.00 Å². The van der Waals surface area contributed by atoms with Gasteiger partial charge in [-0.2, -0.15) is 5.26 Å². The predicted octanol–water partition coefficient (Wildman–Crippen LogP) is 2.29. The van der Waals surface area contributed by atoms with E-state index in [0.717, 1.165) is 0 Å². The van der Waals surface area contributed by atoms with Gasteiger partial charge in [0.1, 0.15) is 0 Å². The van der Waals surface area contributed by atoms with Gasteiger partial charge in [-0.1, -0.05) is 12.1 Å².